The summed E-state index contributed by atoms with van der Waals surface area (Å²) in [5.74, 6) is 0. The first-order chi connectivity index (χ1) is 7.02. The molecule has 2 amide bonds. The van der Waals surface area contributed by atoms with Crippen LogP contribution in [0.5, 0.6) is 0 Å². The SMILES string of the molecule is NC(=O)S.O=C(S)NCc1ccccc1.[H-].[K+]. The van der Waals surface area contributed by atoms with Gasteiger partial charge in [-0.2, -0.15) is 0 Å². The summed E-state index contributed by atoms with van der Waals surface area (Å²) in [6.45, 7) is 0.545. The van der Waals surface area contributed by atoms with Crippen molar-refractivity contribution in [3.05, 3.63) is 35.9 Å². The van der Waals surface area contributed by atoms with Crippen molar-refractivity contribution in [1.29, 1.82) is 0 Å². The van der Waals surface area contributed by atoms with E-state index in [4.69, 9.17) is 4.79 Å². The number of carbonyl (C=O) groups excluding carboxylic acids is 2. The maximum absolute atomic E-state index is 10.4. The molecule has 84 valence electrons. The van der Waals surface area contributed by atoms with Crippen LogP contribution in [0.2, 0.25) is 0 Å². The second kappa shape index (κ2) is 12.0. The van der Waals surface area contributed by atoms with Gasteiger partial charge in [0.2, 0.25) is 0 Å². The smallest absolute Gasteiger partial charge is 1.00 e. The van der Waals surface area contributed by atoms with Gasteiger partial charge in [0.1, 0.15) is 0 Å². The van der Waals surface area contributed by atoms with Crippen LogP contribution >= 0.6 is 25.3 Å². The minimum absolute atomic E-state index is 0. The van der Waals surface area contributed by atoms with Gasteiger partial charge in [-0.3, -0.25) is 9.59 Å². The van der Waals surface area contributed by atoms with Gasteiger partial charge in [0.25, 0.3) is 10.5 Å². The van der Waals surface area contributed by atoms with Crippen LogP contribution in [-0.4, -0.2) is 10.5 Å². The summed E-state index contributed by atoms with van der Waals surface area (Å²) in [6.07, 6.45) is 0. The van der Waals surface area contributed by atoms with E-state index in [2.05, 4.69) is 36.3 Å². The van der Waals surface area contributed by atoms with Crippen molar-refractivity contribution in [1.82, 2.24) is 5.32 Å². The second-order valence-electron chi connectivity index (χ2n) is 2.48. The molecule has 0 aliphatic carbocycles. The van der Waals surface area contributed by atoms with Gasteiger partial charge in [-0.15, -0.1) is 0 Å². The number of nitrogens with one attached hydrogen (secondary N) is 1. The normalized spacial score (nSPS) is 7.88. The second-order valence-corrected chi connectivity index (χ2v) is 3.33. The Kier molecular flexibility index (Phi) is 14.1. The number of primary amides is 1. The molecule has 0 heterocycles. The Bertz CT molecular complexity index is 324. The van der Waals surface area contributed by atoms with Gasteiger partial charge >= 0.3 is 51.4 Å². The maximum Gasteiger partial charge on any atom is 1.00 e. The third-order valence-corrected chi connectivity index (χ3v) is 1.44. The molecule has 0 saturated carbocycles. The molecular weight excluding hydrogens is 271 g/mol. The first-order valence-electron chi connectivity index (χ1n) is 4.01. The van der Waals surface area contributed by atoms with E-state index in [0.717, 1.165) is 5.56 Å². The Morgan fingerprint density at radius 1 is 1.25 bits per heavy atom. The third kappa shape index (κ3) is 14.5. The largest absolute Gasteiger partial charge is 1.00 e. The standard InChI is InChI=1S/C8H9NOS.CH3NOS.K.H/c10-8(11)9-6-7-4-2-1-3-5-7;2-1(3)4;;/h1-5H,6H2,(H2,9,10,11);(H3,2,3,4);;/q;;+1;-1. The molecule has 7 heteroatoms. The number of hydrogen-bond acceptors (Lipinski definition) is 2. The van der Waals surface area contributed by atoms with Crippen LogP contribution in [0.1, 0.15) is 6.99 Å². The van der Waals surface area contributed by atoms with Gasteiger partial charge < -0.3 is 12.5 Å². The Hall–Kier alpha value is 0.496. The number of nitrogens with two attached hydrogens (primary N) is 1. The first kappa shape index (κ1) is 18.9. The summed E-state index contributed by atoms with van der Waals surface area (Å²) in [5, 5.41) is 1.65. The Labute approximate surface area is 149 Å². The van der Waals surface area contributed by atoms with Crippen molar-refractivity contribution in [2.24, 2.45) is 5.73 Å². The Morgan fingerprint density at radius 3 is 2.06 bits per heavy atom. The average Bonchev–Trinajstić information content (AvgIpc) is 2.15. The van der Waals surface area contributed by atoms with E-state index in [1.165, 1.54) is 0 Å². The number of hydrogen-bond donors (Lipinski definition) is 4. The molecule has 0 aliphatic rings. The molecule has 0 aliphatic heterocycles. The predicted molar refractivity (Wildman–Crippen MR) is 67.3 cm³/mol. The molecule has 0 saturated heterocycles. The van der Waals surface area contributed by atoms with Crippen molar-refractivity contribution >= 4 is 35.7 Å². The number of rotatable bonds is 2. The summed E-state index contributed by atoms with van der Waals surface area (Å²) in [7, 11) is 0. The number of carbonyl (C=O) groups is 2. The van der Waals surface area contributed by atoms with Crippen LogP contribution in [0.15, 0.2) is 30.3 Å². The van der Waals surface area contributed by atoms with Gasteiger partial charge in [-0.05, 0) is 5.56 Å². The molecule has 0 radical (unpaired) electrons. The molecule has 0 bridgehead atoms. The zero-order valence-electron chi connectivity index (χ0n) is 9.88. The van der Waals surface area contributed by atoms with E-state index in [9.17, 15) is 4.79 Å². The van der Waals surface area contributed by atoms with E-state index >= 15 is 0 Å². The van der Waals surface area contributed by atoms with Gasteiger partial charge in [0.05, 0.1) is 0 Å². The van der Waals surface area contributed by atoms with Crippen LogP contribution in [-0.2, 0) is 6.54 Å². The molecule has 1 aromatic rings. The van der Waals surface area contributed by atoms with Crippen LogP contribution in [0.3, 0.4) is 0 Å². The van der Waals surface area contributed by atoms with Crippen LogP contribution < -0.4 is 62.4 Å². The number of benzene rings is 1. The topological polar surface area (TPSA) is 72.2 Å². The fraction of sp³-hybridized carbons (Fsp3) is 0.111. The summed E-state index contributed by atoms with van der Waals surface area (Å²) < 4.78 is 0. The third-order valence-electron chi connectivity index (χ3n) is 1.29. The quantitative estimate of drug-likeness (QED) is 0.413. The molecule has 4 nitrogen and oxygen atoms in total. The molecule has 3 N–H and O–H groups in total. The molecule has 0 atom stereocenters. The maximum atomic E-state index is 10.4. The number of thiol groups is 2. The van der Waals surface area contributed by atoms with E-state index in [-0.39, 0.29) is 58.1 Å². The Balaban J connectivity index is -0.000000289. The van der Waals surface area contributed by atoms with Crippen molar-refractivity contribution in [3.8, 4) is 0 Å². The van der Waals surface area contributed by atoms with Crippen molar-refractivity contribution < 1.29 is 62.4 Å². The molecular formula is C9H13KN2O2S2. The van der Waals surface area contributed by atoms with E-state index in [1.54, 1.807) is 0 Å². The monoisotopic (exact) mass is 284 g/mol. The molecule has 0 spiro atoms. The zero-order valence-corrected chi connectivity index (χ0v) is 13.8. The van der Waals surface area contributed by atoms with E-state index < -0.39 is 5.24 Å². The fourth-order valence-electron chi connectivity index (χ4n) is 0.774. The van der Waals surface area contributed by atoms with E-state index in [1.807, 2.05) is 30.3 Å². The molecule has 0 aromatic heterocycles. The van der Waals surface area contributed by atoms with Gasteiger partial charge in [0.15, 0.2) is 0 Å². The van der Waals surface area contributed by atoms with Gasteiger partial charge in [-0.1, -0.05) is 55.6 Å². The summed E-state index contributed by atoms with van der Waals surface area (Å²) in [5.41, 5.74) is 5.42. The predicted octanol–water partition coefficient (Wildman–Crippen LogP) is -1.06. The van der Waals surface area contributed by atoms with Crippen molar-refractivity contribution in [2.45, 2.75) is 6.54 Å². The van der Waals surface area contributed by atoms with Gasteiger partial charge in [-0.25, -0.2) is 0 Å². The average molecular weight is 284 g/mol. The molecule has 1 rings (SSSR count). The van der Waals surface area contributed by atoms with Crippen molar-refractivity contribution in [2.75, 3.05) is 0 Å². The summed E-state index contributed by atoms with van der Waals surface area (Å²) >= 11 is 6.68. The minimum Gasteiger partial charge on any atom is -1.00 e. The summed E-state index contributed by atoms with van der Waals surface area (Å²) in [4.78, 5) is 19.5. The molecule has 0 unspecified atom stereocenters. The van der Waals surface area contributed by atoms with Crippen molar-refractivity contribution in [3.63, 3.8) is 0 Å². The molecule has 0 fully saturated rings. The Morgan fingerprint density at radius 2 is 1.69 bits per heavy atom. The minimum atomic E-state index is -0.639. The number of amides is 2. The first-order valence-corrected chi connectivity index (χ1v) is 4.91. The van der Waals surface area contributed by atoms with Crippen LogP contribution in [0, 0.1) is 0 Å². The summed E-state index contributed by atoms with van der Waals surface area (Å²) in [6, 6.07) is 9.69. The molecule has 16 heavy (non-hydrogen) atoms. The zero-order chi connectivity index (χ0) is 11.7. The van der Waals surface area contributed by atoms with Crippen LogP contribution in [0.4, 0.5) is 9.59 Å². The van der Waals surface area contributed by atoms with Gasteiger partial charge in [0, 0.05) is 6.54 Å². The van der Waals surface area contributed by atoms with E-state index in [0.29, 0.717) is 6.54 Å². The molecule has 1 aromatic carbocycles. The fourth-order valence-corrected chi connectivity index (χ4v) is 0.853. The van der Waals surface area contributed by atoms with Crippen LogP contribution in [0.25, 0.3) is 0 Å².